The van der Waals surface area contributed by atoms with Gasteiger partial charge in [0.1, 0.15) is 17.7 Å². The first-order chi connectivity index (χ1) is 15.1. The Hall–Kier alpha value is -1.92. The molecule has 4 fully saturated rings. The van der Waals surface area contributed by atoms with Gasteiger partial charge in [-0.3, -0.25) is 14.5 Å². The van der Waals surface area contributed by atoms with Crippen LogP contribution in [0.5, 0.6) is 0 Å². The number of esters is 1. The summed E-state index contributed by atoms with van der Waals surface area (Å²) < 4.78 is 5.41. The van der Waals surface area contributed by atoms with Gasteiger partial charge >= 0.3 is 5.97 Å². The fraction of sp³-hybridized carbons (Fsp3) is 0.692. The highest BCUT2D eigenvalue weighted by Gasteiger charge is 2.64. The lowest BCUT2D eigenvalue weighted by atomic mass is 9.58. The number of hydrogen-bond acceptors (Lipinski definition) is 5. The van der Waals surface area contributed by atoms with Gasteiger partial charge in [0.15, 0.2) is 0 Å². The molecule has 1 saturated carbocycles. The Kier molecular flexibility index (Phi) is 6.38. The molecule has 0 aromatic heterocycles. The van der Waals surface area contributed by atoms with E-state index in [0.29, 0.717) is 23.8 Å². The predicted molar refractivity (Wildman–Crippen MR) is 125 cm³/mol. The summed E-state index contributed by atoms with van der Waals surface area (Å²) in [5.41, 5.74) is 0.0559. The van der Waals surface area contributed by atoms with Crippen LogP contribution in [0.25, 0.3) is 0 Å². The van der Waals surface area contributed by atoms with Crippen LogP contribution in [0, 0.1) is 23.7 Å². The van der Waals surface area contributed by atoms with Gasteiger partial charge in [0, 0.05) is 31.6 Å². The third kappa shape index (κ3) is 4.58. The molecule has 0 radical (unpaired) electrons. The van der Waals surface area contributed by atoms with Gasteiger partial charge in [-0.1, -0.05) is 44.2 Å². The average molecular weight is 442 g/mol. The first-order valence-corrected chi connectivity index (χ1v) is 12.1. The number of carbonyl (C=O) groups is 2. The Labute approximate surface area is 192 Å². The third-order valence-electron chi connectivity index (χ3n) is 7.33. The van der Waals surface area contributed by atoms with Crippen molar-refractivity contribution in [1.82, 2.24) is 15.5 Å². The molecule has 3 saturated heterocycles. The molecule has 1 aromatic rings. The highest BCUT2D eigenvalue weighted by Crippen LogP contribution is 2.52. The summed E-state index contributed by atoms with van der Waals surface area (Å²) in [7, 11) is 0. The molecule has 6 heteroatoms. The van der Waals surface area contributed by atoms with Gasteiger partial charge in [0.25, 0.3) is 0 Å². The van der Waals surface area contributed by atoms with E-state index in [1.165, 1.54) is 5.56 Å². The molecule has 176 valence electrons. The number of hydrogen-bond donors (Lipinski definition) is 2. The number of nitrogens with one attached hydrogen (secondary N) is 2. The van der Waals surface area contributed by atoms with E-state index < -0.39 is 17.1 Å². The fourth-order valence-corrected chi connectivity index (χ4v) is 6.38. The Morgan fingerprint density at radius 3 is 2.62 bits per heavy atom. The highest BCUT2D eigenvalue weighted by atomic mass is 16.6. The van der Waals surface area contributed by atoms with Crippen LogP contribution in [0.1, 0.15) is 46.6 Å². The molecule has 4 aliphatic rings. The molecule has 0 spiro atoms. The van der Waals surface area contributed by atoms with Gasteiger partial charge in [0.2, 0.25) is 5.91 Å². The van der Waals surface area contributed by atoms with Crippen molar-refractivity contribution in [3.05, 3.63) is 35.9 Å². The smallest absolute Gasteiger partial charge is 0.325 e. The summed E-state index contributed by atoms with van der Waals surface area (Å²) >= 11 is 0. The molecule has 1 aliphatic carbocycles. The lowest BCUT2D eigenvalue weighted by Crippen LogP contribution is -2.74. The largest absolute Gasteiger partial charge is 0.459 e. The van der Waals surface area contributed by atoms with Crippen molar-refractivity contribution in [1.29, 1.82) is 0 Å². The normalized spacial score (nSPS) is 31.7. The van der Waals surface area contributed by atoms with E-state index in [0.717, 1.165) is 32.5 Å². The second-order valence-corrected chi connectivity index (χ2v) is 11.4. The van der Waals surface area contributed by atoms with Crippen molar-refractivity contribution in [3.63, 3.8) is 0 Å². The molecule has 5 rings (SSSR count). The Bertz CT molecular complexity index is 834. The number of ether oxygens (including phenoxy) is 1. The summed E-state index contributed by atoms with van der Waals surface area (Å²) in [6.07, 6.45) is 1.69. The predicted octanol–water partition coefficient (Wildman–Crippen LogP) is 2.62. The minimum atomic E-state index is -0.645. The molecule has 5 unspecified atom stereocenters. The number of nitrogens with zero attached hydrogens (tertiary/aromatic N) is 1. The molecule has 3 heterocycles. The summed E-state index contributed by atoms with van der Waals surface area (Å²) in [5.74, 6) is 1.43. The van der Waals surface area contributed by atoms with Crippen molar-refractivity contribution >= 4 is 11.9 Å². The van der Waals surface area contributed by atoms with E-state index in [1.54, 1.807) is 0 Å². The minimum Gasteiger partial charge on any atom is -0.459 e. The lowest BCUT2D eigenvalue weighted by Gasteiger charge is -2.56. The summed E-state index contributed by atoms with van der Waals surface area (Å²) in [4.78, 5) is 28.6. The average Bonchev–Trinajstić information content (AvgIpc) is 3.00. The maximum atomic E-state index is 13.7. The number of fused-ring (bicyclic) bond motifs is 1. The highest BCUT2D eigenvalue weighted by molar-refractivity contribution is 5.90. The van der Waals surface area contributed by atoms with Crippen LogP contribution < -0.4 is 10.6 Å². The zero-order valence-electron chi connectivity index (χ0n) is 20.2. The fourth-order valence-electron chi connectivity index (χ4n) is 6.38. The third-order valence-corrected chi connectivity index (χ3v) is 7.33. The minimum absolute atomic E-state index is 0.0520. The molecule has 4 bridgehead atoms. The maximum Gasteiger partial charge on any atom is 0.325 e. The van der Waals surface area contributed by atoms with E-state index in [2.05, 4.69) is 53.6 Å². The Morgan fingerprint density at radius 1 is 1.25 bits per heavy atom. The molecule has 2 N–H and O–H groups in total. The number of carbonyl (C=O) groups excluding carboxylic acids is 2. The number of likely N-dealkylation sites (tertiary alicyclic amines) is 1. The lowest BCUT2D eigenvalue weighted by molar-refractivity contribution is -0.155. The van der Waals surface area contributed by atoms with Crippen LogP contribution in [0.2, 0.25) is 0 Å². The number of piperidine rings is 2. The van der Waals surface area contributed by atoms with Gasteiger partial charge in [0.05, 0.1) is 0 Å². The molecule has 1 amide bonds. The summed E-state index contributed by atoms with van der Waals surface area (Å²) in [6.45, 7) is 13.0. The Balaban J connectivity index is 1.58. The standard InChI is InChI=1S/C26H39N3O3/c1-17(2)15-29-16-19-12-26(24(31)27-14-22(30)32-25(3,4)5)21(23(29)20(19)13-28-26)11-18-9-7-6-8-10-18/h6-10,17,19-21,23,28H,11-16H2,1-5H3,(H,27,31). The maximum absolute atomic E-state index is 13.7. The SMILES string of the molecule is CC(C)CN1CC2CC3(C(=O)NCC(=O)OC(C)(C)C)NCC2C1C3Cc1ccccc1. The monoisotopic (exact) mass is 441 g/mol. The topological polar surface area (TPSA) is 70.7 Å². The summed E-state index contributed by atoms with van der Waals surface area (Å²) in [5, 5.41) is 6.59. The quantitative estimate of drug-likeness (QED) is 0.637. The van der Waals surface area contributed by atoms with Crippen LogP contribution in [-0.4, -0.2) is 60.1 Å². The van der Waals surface area contributed by atoms with E-state index in [4.69, 9.17) is 4.74 Å². The second kappa shape index (κ2) is 8.79. The second-order valence-electron chi connectivity index (χ2n) is 11.4. The molecule has 5 atom stereocenters. The van der Waals surface area contributed by atoms with Crippen LogP contribution in [0.3, 0.4) is 0 Å². The van der Waals surface area contributed by atoms with Crippen LogP contribution in [0.4, 0.5) is 0 Å². The van der Waals surface area contributed by atoms with Gasteiger partial charge in [-0.25, -0.2) is 0 Å². The summed E-state index contributed by atoms with van der Waals surface area (Å²) in [6, 6.07) is 10.9. The van der Waals surface area contributed by atoms with Gasteiger partial charge in [-0.15, -0.1) is 0 Å². The van der Waals surface area contributed by atoms with E-state index in [9.17, 15) is 9.59 Å². The zero-order valence-corrected chi connectivity index (χ0v) is 20.2. The van der Waals surface area contributed by atoms with Crippen LogP contribution >= 0.6 is 0 Å². The molecule has 6 nitrogen and oxygen atoms in total. The number of amides is 1. The van der Waals surface area contributed by atoms with Gasteiger partial charge in [-0.2, -0.15) is 0 Å². The van der Waals surface area contributed by atoms with Gasteiger partial charge < -0.3 is 15.4 Å². The molecule has 3 aliphatic heterocycles. The van der Waals surface area contributed by atoms with Crippen molar-refractivity contribution in [3.8, 4) is 0 Å². The van der Waals surface area contributed by atoms with Crippen LogP contribution in [-0.2, 0) is 20.7 Å². The van der Waals surface area contributed by atoms with Crippen molar-refractivity contribution in [2.45, 2.75) is 64.6 Å². The zero-order chi connectivity index (χ0) is 23.1. The Morgan fingerprint density at radius 2 is 1.97 bits per heavy atom. The first kappa shape index (κ1) is 23.2. The molecule has 32 heavy (non-hydrogen) atoms. The van der Waals surface area contributed by atoms with E-state index >= 15 is 0 Å². The molecular formula is C26H39N3O3. The van der Waals surface area contributed by atoms with Crippen molar-refractivity contribution in [2.24, 2.45) is 23.7 Å². The van der Waals surface area contributed by atoms with Crippen molar-refractivity contribution < 1.29 is 14.3 Å². The molecule has 1 aromatic carbocycles. The van der Waals surface area contributed by atoms with E-state index in [-0.39, 0.29) is 18.4 Å². The molecular weight excluding hydrogens is 402 g/mol. The number of benzene rings is 1. The van der Waals surface area contributed by atoms with E-state index in [1.807, 2.05) is 26.8 Å². The number of rotatable bonds is 7. The van der Waals surface area contributed by atoms with Crippen molar-refractivity contribution in [2.75, 3.05) is 26.2 Å². The van der Waals surface area contributed by atoms with Gasteiger partial charge in [-0.05, 0) is 56.9 Å². The van der Waals surface area contributed by atoms with Crippen LogP contribution in [0.15, 0.2) is 30.3 Å². The first-order valence-electron chi connectivity index (χ1n) is 12.1.